The van der Waals surface area contributed by atoms with Gasteiger partial charge < -0.3 is 11.1 Å². The van der Waals surface area contributed by atoms with Gasteiger partial charge in [0, 0.05) is 6.42 Å². The Hall–Kier alpha value is -0.420. The zero-order chi connectivity index (χ0) is 11.3. The van der Waals surface area contributed by atoms with Gasteiger partial charge in [0.2, 0.25) is 5.91 Å². The fourth-order valence-electron chi connectivity index (χ4n) is 1.51. The highest BCUT2D eigenvalue weighted by molar-refractivity contribution is 5.85. The number of rotatable bonds is 6. The van der Waals surface area contributed by atoms with E-state index >= 15 is 0 Å². The van der Waals surface area contributed by atoms with Gasteiger partial charge in [0.1, 0.15) is 0 Å². The Kier molecular flexibility index (Phi) is 6.83. The molecule has 0 unspecified atom stereocenters. The highest BCUT2D eigenvalue weighted by atomic mass is 35.5. The van der Waals surface area contributed by atoms with Gasteiger partial charge in [0.05, 0.1) is 13.1 Å². The van der Waals surface area contributed by atoms with E-state index in [1.807, 2.05) is 0 Å². The minimum Gasteiger partial charge on any atom is -0.350 e. The topological polar surface area (TPSA) is 55.1 Å². The molecule has 1 aliphatic rings. The summed E-state index contributed by atoms with van der Waals surface area (Å²) >= 11 is 0. The van der Waals surface area contributed by atoms with Crippen LogP contribution in [0.4, 0.5) is 8.78 Å². The van der Waals surface area contributed by atoms with Gasteiger partial charge in [0.15, 0.2) is 0 Å². The summed E-state index contributed by atoms with van der Waals surface area (Å²) in [6, 6.07) is 0. The van der Waals surface area contributed by atoms with Crippen molar-refractivity contribution in [1.82, 2.24) is 5.32 Å². The largest absolute Gasteiger partial charge is 0.350 e. The second-order valence-electron chi connectivity index (χ2n) is 4.17. The third-order valence-corrected chi connectivity index (χ3v) is 2.85. The molecule has 0 heterocycles. The lowest BCUT2D eigenvalue weighted by Gasteiger charge is -2.24. The van der Waals surface area contributed by atoms with E-state index in [-0.39, 0.29) is 18.3 Å². The van der Waals surface area contributed by atoms with E-state index in [9.17, 15) is 13.6 Å². The molecular formula is C10H19ClF2N2O. The quantitative estimate of drug-likeness (QED) is 0.760. The minimum absolute atomic E-state index is 0. The van der Waals surface area contributed by atoms with Crippen molar-refractivity contribution in [3.8, 4) is 0 Å². The monoisotopic (exact) mass is 256 g/mol. The lowest BCUT2D eigenvalue weighted by molar-refractivity contribution is -0.123. The molecule has 16 heavy (non-hydrogen) atoms. The van der Waals surface area contributed by atoms with Crippen molar-refractivity contribution < 1.29 is 13.6 Å². The van der Waals surface area contributed by atoms with Gasteiger partial charge in [-0.15, -0.1) is 12.4 Å². The molecule has 1 saturated carbocycles. The number of carbonyl (C=O) groups is 1. The molecule has 0 radical (unpaired) electrons. The average Bonchev–Trinajstić information content (AvgIpc) is 2.13. The first-order chi connectivity index (χ1) is 7.03. The number of nitrogens with one attached hydrogen (secondary N) is 1. The van der Waals surface area contributed by atoms with Gasteiger partial charge in [-0.25, -0.2) is 8.78 Å². The number of hydrogen-bond acceptors (Lipinski definition) is 2. The molecule has 0 aliphatic heterocycles. The average molecular weight is 257 g/mol. The molecule has 0 bridgehead atoms. The molecule has 1 aliphatic carbocycles. The normalized spacial score (nSPS) is 16.2. The molecular weight excluding hydrogens is 238 g/mol. The highest BCUT2D eigenvalue weighted by Crippen LogP contribution is 2.30. The van der Waals surface area contributed by atoms with Gasteiger partial charge in [-0.1, -0.05) is 19.3 Å². The van der Waals surface area contributed by atoms with Crippen LogP contribution in [0.5, 0.6) is 0 Å². The van der Waals surface area contributed by atoms with E-state index in [1.165, 1.54) is 19.3 Å². The standard InChI is InChI=1S/C10H18F2N2O.ClH/c11-10(12,6-13)7-14-9(15)5-4-8-2-1-3-8;/h8H,1-7,13H2,(H,14,15);1H. The van der Waals surface area contributed by atoms with Gasteiger partial charge in [-0.2, -0.15) is 0 Å². The van der Waals surface area contributed by atoms with Crippen molar-refractivity contribution in [1.29, 1.82) is 0 Å². The zero-order valence-electron chi connectivity index (χ0n) is 9.18. The number of halogens is 3. The summed E-state index contributed by atoms with van der Waals surface area (Å²) in [6.45, 7) is -1.37. The Morgan fingerprint density at radius 1 is 1.44 bits per heavy atom. The van der Waals surface area contributed by atoms with Crippen LogP contribution in [-0.4, -0.2) is 24.9 Å². The van der Waals surface area contributed by atoms with Crippen LogP contribution >= 0.6 is 12.4 Å². The molecule has 1 amide bonds. The molecule has 0 aromatic rings. The number of carbonyl (C=O) groups excluding carboxylic acids is 1. The van der Waals surface area contributed by atoms with E-state index in [2.05, 4.69) is 5.32 Å². The molecule has 1 rings (SSSR count). The van der Waals surface area contributed by atoms with Crippen LogP contribution in [0.25, 0.3) is 0 Å². The summed E-state index contributed by atoms with van der Waals surface area (Å²) in [7, 11) is 0. The summed E-state index contributed by atoms with van der Waals surface area (Å²) < 4.78 is 25.3. The second kappa shape index (κ2) is 7.01. The van der Waals surface area contributed by atoms with Crippen molar-refractivity contribution in [3.63, 3.8) is 0 Å². The minimum atomic E-state index is -2.98. The van der Waals surface area contributed by atoms with E-state index in [0.29, 0.717) is 12.3 Å². The number of hydrogen-bond donors (Lipinski definition) is 2. The molecule has 0 atom stereocenters. The number of nitrogens with two attached hydrogens (primary N) is 1. The third kappa shape index (κ3) is 5.61. The molecule has 6 heteroatoms. The predicted molar refractivity (Wildman–Crippen MR) is 60.8 cm³/mol. The van der Waals surface area contributed by atoms with Crippen molar-refractivity contribution in [2.45, 2.75) is 38.0 Å². The van der Waals surface area contributed by atoms with Gasteiger partial charge in [-0.05, 0) is 12.3 Å². The lowest BCUT2D eigenvalue weighted by atomic mass is 9.82. The van der Waals surface area contributed by atoms with Crippen LogP contribution in [0.2, 0.25) is 0 Å². The molecule has 3 nitrogen and oxygen atoms in total. The van der Waals surface area contributed by atoms with Crippen molar-refractivity contribution in [2.24, 2.45) is 11.7 Å². The molecule has 0 aromatic heterocycles. The fraction of sp³-hybridized carbons (Fsp3) is 0.900. The van der Waals surface area contributed by atoms with Crippen molar-refractivity contribution in [3.05, 3.63) is 0 Å². The lowest BCUT2D eigenvalue weighted by Crippen LogP contribution is -2.41. The summed E-state index contributed by atoms with van der Waals surface area (Å²) in [6.07, 6.45) is 4.75. The maximum Gasteiger partial charge on any atom is 0.277 e. The summed E-state index contributed by atoms with van der Waals surface area (Å²) in [4.78, 5) is 11.2. The van der Waals surface area contributed by atoms with Gasteiger partial charge >= 0.3 is 0 Å². The predicted octanol–water partition coefficient (Wildman–Crippen LogP) is 1.70. The van der Waals surface area contributed by atoms with Crippen molar-refractivity contribution in [2.75, 3.05) is 13.1 Å². The Balaban J connectivity index is 0.00000225. The van der Waals surface area contributed by atoms with Crippen LogP contribution in [0.1, 0.15) is 32.1 Å². The maximum absolute atomic E-state index is 12.6. The summed E-state index contributed by atoms with van der Waals surface area (Å²) in [5, 5.41) is 2.21. The van der Waals surface area contributed by atoms with Crippen LogP contribution in [0.3, 0.4) is 0 Å². The SMILES string of the molecule is Cl.NCC(F)(F)CNC(=O)CCC1CCC1. The Morgan fingerprint density at radius 2 is 2.06 bits per heavy atom. The molecule has 3 N–H and O–H groups in total. The second-order valence-corrected chi connectivity index (χ2v) is 4.17. The van der Waals surface area contributed by atoms with Crippen LogP contribution in [0.15, 0.2) is 0 Å². The summed E-state index contributed by atoms with van der Waals surface area (Å²) in [5.74, 6) is -2.65. The molecule has 0 spiro atoms. The third-order valence-electron chi connectivity index (χ3n) is 2.85. The van der Waals surface area contributed by atoms with Gasteiger partial charge in [0.25, 0.3) is 5.92 Å². The first kappa shape index (κ1) is 15.6. The molecule has 1 fully saturated rings. The van der Waals surface area contributed by atoms with Crippen molar-refractivity contribution >= 4 is 18.3 Å². The fourth-order valence-corrected chi connectivity index (χ4v) is 1.51. The smallest absolute Gasteiger partial charge is 0.277 e. The molecule has 96 valence electrons. The summed E-state index contributed by atoms with van der Waals surface area (Å²) in [5.41, 5.74) is 4.84. The Morgan fingerprint density at radius 3 is 2.50 bits per heavy atom. The number of alkyl halides is 2. The van der Waals surface area contributed by atoms with E-state index < -0.39 is 19.0 Å². The first-order valence-corrected chi connectivity index (χ1v) is 5.38. The van der Waals surface area contributed by atoms with Crippen LogP contribution in [-0.2, 0) is 4.79 Å². The molecule has 0 aromatic carbocycles. The van der Waals surface area contributed by atoms with Crippen LogP contribution < -0.4 is 11.1 Å². The Bertz CT molecular complexity index is 223. The maximum atomic E-state index is 12.6. The van der Waals surface area contributed by atoms with E-state index in [1.54, 1.807) is 0 Å². The zero-order valence-corrected chi connectivity index (χ0v) is 9.99. The van der Waals surface area contributed by atoms with Crippen LogP contribution in [0, 0.1) is 5.92 Å². The highest BCUT2D eigenvalue weighted by Gasteiger charge is 2.27. The number of amides is 1. The first-order valence-electron chi connectivity index (χ1n) is 5.38. The molecule has 0 saturated heterocycles. The van der Waals surface area contributed by atoms with E-state index in [0.717, 1.165) is 6.42 Å². The van der Waals surface area contributed by atoms with E-state index in [4.69, 9.17) is 5.73 Å². The Labute approximate surface area is 101 Å². The van der Waals surface area contributed by atoms with Gasteiger partial charge in [-0.3, -0.25) is 4.79 Å².